The van der Waals surface area contributed by atoms with Crippen LogP contribution in [0, 0.1) is 6.92 Å². The second-order valence-corrected chi connectivity index (χ2v) is 3.18. The van der Waals surface area contributed by atoms with Gasteiger partial charge in [-0.05, 0) is 11.6 Å². The van der Waals surface area contributed by atoms with Gasteiger partial charge in [-0.1, -0.05) is 6.07 Å². The average Bonchev–Trinajstić information content (AvgIpc) is 2.66. The number of aromatic nitrogens is 3. The minimum absolute atomic E-state index is 0.579. The summed E-state index contributed by atoms with van der Waals surface area (Å²) in [6, 6.07) is 3.92. The SMILES string of the molecule is Cc1nnc(CNCc2cccnc2)o1. The number of nitrogens with one attached hydrogen (secondary N) is 1. The van der Waals surface area contributed by atoms with Gasteiger partial charge in [-0.15, -0.1) is 10.2 Å². The van der Waals surface area contributed by atoms with E-state index in [9.17, 15) is 0 Å². The minimum atomic E-state index is 0.579. The summed E-state index contributed by atoms with van der Waals surface area (Å²) in [5.41, 5.74) is 1.13. The summed E-state index contributed by atoms with van der Waals surface area (Å²) in [6.45, 7) is 3.10. The Kier molecular flexibility index (Phi) is 3.04. The van der Waals surface area contributed by atoms with Crippen molar-refractivity contribution in [2.45, 2.75) is 20.0 Å². The van der Waals surface area contributed by atoms with Gasteiger partial charge >= 0.3 is 0 Å². The van der Waals surface area contributed by atoms with Crippen molar-refractivity contribution in [2.75, 3.05) is 0 Å². The van der Waals surface area contributed by atoms with Gasteiger partial charge in [-0.25, -0.2) is 0 Å². The van der Waals surface area contributed by atoms with Gasteiger partial charge in [0.05, 0.1) is 6.54 Å². The summed E-state index contributed by atoms with van der Waals surface area (Å²) in [4.78, 5) is 4.02. The van der Waals surface area contributed by atoms with Gasteiger partial charge in [0.15, 0.2) is 0 Å². The first-order valence-electron chi connectivity index (χ1n) is 4.73. The summed E-state index contributed by atoms with van der Waals surface area (Å²) >= 11 is 0. The third-order valence-corrected chi connectivity index (χ3v) is 1.90. The number of aryl methyl sites for hydroxylation is 1. The van der Waals surface area contributed by atoms with E-state index in [2.05, 4.69) is 20.5 Å². The highest BCUT2D eigenvalue weighted by atomic mass is 16.4. The molecule has 0 amide bonds. The van der Waals surface area contributed by atoms with E-state index in [1.54, 1.807) is 13.1 Å². The Morgan fingerprint density at radius 3 is 2.93 bits per heavy atom. The highest BCUT2D eigenvalue weighted by molar-refractivity contribution is 5.07. The molecule has 5 heteroatoms. The Balaban J connectivity index is 1.80. The van der Waals surface area contributed by atoms with E-state index in [0.29, 0.717) is 18.3 Å². The molecule has 0 atom stereocenters. The summed E-state index contributed by atoms with van der Waals surface area (Å²) in [6.07, 6.45) is 3.58. The second-order valence-electron chi connectivity index (χ2n) is 3.18. The zero-order chi connectivity index (χ0) is 10.5. The van der Waals surface area contributed by atoms with E-state index in [1.807, 2.05) is 18.3 Å². The molecule has 2 rings (SSSR count). The molecule has 0 saturated carbocycles. The number of nitrogens with zero attached hydrogens (tertiary/aromatic N) is 3. The van der Waals surface area contributed by atoms with Gasteiger partial charge in [0.1, 0.15) is 0 Å². The first-order chi connectivity index (χ1) is 7.34. The normalized spacial score (nSPS) is 10.5. The maximum absolute atomic E-state index is 5.22. The molecule has 0 fully saturated rings. The number of pyridine rings is 1. The van der Waals surface area contributed by atoms with Gasteiger partial charge in [0.25, 0.3) is 0 Å². The van der Waals surface area contributed by atoms with Crippen molar-refractivity contribution in [3.8, 4) is 0 Å². The summed E-state index contributed by atoms with van der Waals surface area (Å²) in [5, 5.41) is 10.8. The predicted octanol–water partition coefficient (Wildman–Crippen LogP) is 1.06. The van der Waals surface area contributed by atoms with Crippen LogP contribution in [0.5, 0.6) is 0 Å². The summed E-state index contributed by atoms with van der Waals surface area (Å²) < 4.78 is 5.22. The van der Waals surface area contributed by atoms with Gasteiger partial charge in [-0.3, -0.25) is 4.98 Å². The molecule has 2 heterocycles. The van der Waals surface area contributed by atoms with Crippen LogP contribution in [0.15, 0.2) is 28.9 Å². The Bertz CT molecular complexity index is 412. The van der Waals surface area contributed by atoms with Crippen LogP contribution in [0.25, 0.3) is 0 Å². The molecule has 0 aromatic carbocycles. The van der Waals surface area contributed by atoms with Crippen molar-refractivity contribution in [1.29, 1.82) is 0 Å². The Morgan fingerprint density at radius 1 is 1.33 bits per heavy atom. The quantitative estimate of drug-likeness (QED) is 0.806. The van der Waals surface area contributed by atoms with Crippen molar-refractivity contribution in [2.24, 2.45) is 0 Å². The smallest absolute Gasteiger partial charge is 0.230 e. The van der Waals surface area contributed by atoms with Crippen LogP contribution in [0.4, 0.5) is 0 Å². The van der Waals surface area contributed by atoms with Crippen LogP contribution in [-0.2, 0) is 13.1 Å². The lowest BCUT2D eigenvalue weighted by atomic mass is 10.3. The van der Waals surface area contributed by atoms with Crippen LogP contribution in [0.2, 0.25) is 0 Å². The van der Waals surface area contributed by atoms with E-state index >= 15 is 0 Å². The fraction of sp³-hybridized carbons (Fsp3) is 0.300. The highest BCUT2D eigenvalue weighted by Gasteiger charge is 2.00. The molecule has 0 saturated heterocycles. The van der Waals surface area contributed by atoms with Crippen LogP contribution >= 0.6 is 0 Å². The molecule has 0 aliphatic heterocycles. The third kappa shape index (κ3) is 2.85. The number of hydrogen-bond acceptors (Lipinski definition) is 5. The van der Waals surface area contributed by atoms with Crippen LogP contribution in [-0.4, -0.2) is 15.2 Å². The molecule has 0 aliphatic rings. The topological polar surface area (TPSA) is 63.8 Å². The molecule has 5 nitrogen and oxygen atoms in total. The zero-order valence-electron chi connectivity index (χ0n) is 8.47. The second kappa shape index (κ2) is 4.65. The zero-order valence-corrected chi connectivity index (χ0v) is 8.47. The summed E-state index contributed by atoms with van der Waals surface area (Å²) in [5.74, 6) is 1.20. The molecule has 0 aliphatic carbocycles. The Labute approximate surface area is 87.6 Å². The van der Waals surface area contributed by atoms with Crippen molar-refractivity contribution < 1.29 is 4.42 Å². The van der Waals surface area contributed by atoms with E-state index < -0.39 is 0 Å². The summed E-state index contributed by atoms with van der Waals surface area (Å²) in [7, 11) is 0. The average molecular weight is 204 g/mol. The molecule has 78 valence electrons. The largest absolute Gasteiger partial charge is 0.424 e. The molecule has 1 N–H and O–H groups in total. The molecular formula is C10H12N4O. The highest BCUT2D eigenvalue weighted by Crippen LogP contribution is 1.98. The maximum atomic E-state index is 5.22. The number of hydrogen-bond donors (Lipinski definition) is 1. The lowest BCUT2D eigenvalue weighted by Crippen LogP contribution is -2.12. The van der Waals surface area contributed by atoms with E-state index in [-0.39, 0.29) is 0 Å². The maximum Gasteiger partial charge on any atom is 0.230 e. The van der Waals surface area contributed by atoms with Crippen LogP contribution in [0.3, 0.4) is 0 Å². The van der Waals surface area contributed by atoms with Gasteiger partial charge < -0.3 is 9.73 Å². The molecule has 15 heavy (non-hydrogen) atoms. The van der Waals surface area contributed by atoms with Crippen molar-refractivity contribution in [3.05, 3.63) is 41.9 Å². The molecule has 2 aromatic heterocycles. The lowest BCUT2D eigenvalue weighted by molar-refractivity contribution is 0.446. The first kappa shape index (κ1) is 9.79. The molecule has 0 spiro atoms. The fourth-order valence-electron chi connectivity index (χ4n) is 1.23. The van der Waals surface area contributed by atoms with Crippen LogP contribution in [0.1, 0.15) is 17.3 Å². The standard InChI is InChI=1S/C10H12N4O/c1-8-13-14-10(15-8)7-12-6-9-3-2-4-11-5-9/h2-5,12H,6-7H2,1H3. The fourth-order valence-corrected chi connectivity index (χ4v) is 1.23. The van der Waals surface area contributed by atoms with Crippen molar-refractivity contribution >= 4 is 0 Å². The van der Waals surface area contributed by atoms with Gasteiger partial charge in [0, 0.05) is 25.9 Å². The lowest BCUT2D eigenvalue weighted by Gasteiger charge is -2.00. The van der Waals surface area contributed by atoms with E-state index in [1.165, 1.54) is 0 Å². The molecular weight excluding hydrogens is 192 g/mol. The van der Waals surface area contributed by atoms with E-state index in [0.717, 1.165) is 12.1 Å². The molecule has 0 radical (unpaired) electrons. The minimum Gasteiger partial charge on any atom is -0.424 e. The van der Waals surface area contributed by atoms with E-state index in [4.69, 9.17) is 4.42 Å². The predicted molar refractivity (Wildman–Crippen MR) is 53.8 cm³/mol. The monoisotopic (exact) mass is 204 g/mol. The van der Waals surface area contributed by atoms with Crippen LogP contribution < -0.4 is 5.32 Å². The van der Waals surface area contributed by atoms with Crippen molar-refractivity contribution in [1.82, 2.24) is 20.5 Å². The Hall–Kier alpha value is -1.75. The third-order valence-electron chi connectivity index (χ3n) is 1.90. The van der Waals surface area contributed by atoms with Gasteiger partial charge in [-0.2, -0.15) is 0 Å². The Morgan fingerprint density at radius 2 is 2.27 bits per heavy atom. The number of rotatable bonds is 4. The van der Waals surface area contributed by atoms with Gasteiger partial charge in [0.2, 0.25) is 11.8 Å². The molecule has 0 unspecified atom stereocenters. The molecule has 2 aromatic rings. The molecule has 0 bridgehead atoms. The van der Waals surface area contributed by atoms with Crippen molar-refractivity contribution in [3.63, 3.8) is 0 Å². The first-order valence-corrected chi connectivity index (χ1v) is 4.73.